The summed E-state index contributed by atoms with van der Waals surface area (Å²) in [5, 5.41) is 7.14. The molecule has 0 fully saturated rings. The van der Waals surface area contributed by atoms with Crippen LogP contribution in [0.4, 0.5) is 5.69 Å². The van der Waals surface area contributed by atoms with Gasteiger partial charge in [0.15, 0.2) is 0 Å². The highest BCUT2D eigenvalue weighted by molar-refractivity contribution is 6.04. The van der Waals surface area contributed by atoms with Crippen molar-refractivity contribution in [3.05, 3.63) is 107 Å². The maximum atomic E-state index is 12.9. The first kappa shape index (κ1) is 18.5. The Morgan fingerprint density at radius 2 is 1.58 bits per heavy atom. The van der Waals surface area contributed by atoms with Gasteiger partial charge in [0.1, 0.15) is 11.5 Å². The number of H-pyrrole nitrogens is 1. The van der Waals surface area contributed by atoms with Crippen LogP contribution in [0.3, 0.4) is 0 Å². The molecule has 3 aromatic carbocycles. The van der Waals surface area contributed by atoms with E-state index in [1.54, 1.807) is 30.3 Å². The number of para-hydroxylation sites is 4. The van der Waals surface area contributed by atoms with E-state index in [2.05, 4.69) is 20.4 Å². The van der Waals surface area contributed by atoms with Gasteiger partial charge in [-0.05, 0) is 42.5 Å². The van der Waals surface area contributed by atoms with E-state index in [1.807, 2.05) is 48.5 Å². The van der Waals surface area contributed by atoms with Crippen molar-refractivity contribution in [2.75, 3.05) is 5.32 Å². The van der Waals surface area contributed by atoms with Crippen LogP contribution < -0.4 is 10.9 Å². The average Bonchev–Trinajstić information content (AvgIpc) is 3.24. The molecule has 150 valence electrons. The summed E-state index contributed by atoms with van der Waals surface area (Å²) in [6.07, 6.45) is 0. The standard InChI is InChI=1S/C24H17N5O2/c30-22-15-14-21(28-29(22)16-8-2-1-3-9-16)24(31)27-18-11-5-4-10-17(18)23-25-19-12-6-7-13-20(19)26-23/h1-15H,(H,25,26)(H,27,31). The fourth-order valence-corrected chi connectivity index (χ4v) is 3.35. The molecule has 2 N–H and O–H groups in total. The molecule has 0 radical (unpaired) electrons. The second-order valence-electron chi connectivity index (χ2n) is 6.91. The number of carbonyl (C=O) groups excluding carboxylic acids is 1. The van der Waals surface area contributed by atoms with Gasteiger partial charge in [0.25, 0.3) is 11.5 Å². The van der Waals surface area contributed by atoms with Crippen molar-refractivity contribution in [3.63, 3.8) is 0 Å². The monoisotopic (exact) mass is 407 g/mol. The lowest BCUT2D eigenvalue weighted by molar-refractivity contribution is 0.102. The van der Waals surface area contributed by atoms with Gasteiger partial charge in [0.2, 0.25) is 0 Å². The third-order valence-corrected chi connectivity index (χ3v) is 4.85. The SMILES string of the molecule is O=C(Nc1ccccc1-c1nc2ccccc2[nH]1)c1ccc(=O)n(-c2ccccc2)n1. The quantitative estimate of drug-likeness (QED) is 0.470. The number of fused-ring (bicyclic) bond motifs is 1. The van der Waals surface area contributed by atoms with Crippen LogP contribution in [0.5, 0.6) is 0 Å². The van der Waals surface area contributed by atoms with Crippen LogP contribution in [0.15, 0.2) is 95.8 Å². The van der Waals surface area contributed by atoms with Gasteiger partial charge in [-0.1, -0.05) is 42.5 Å². The Bertz CT molecular complexity index is 1420. The van der Waals surface area contributed by atoms with Gasteiger partial charge in [-0.25, -0.2) is 4.98 Å². The first-order chi connectivity index (χ1) is 15.2. The van der Waals surface area contributed by atoms with E-state index in [-0.39, 0.29) is 11.3 Å². The van der Waals surface area contributed by atoms with Gasteiger partial charge in [0, 0.05) is 11.6 Å². The molecule has 0 aliphatic rings. The fourth-order valence-electron chi connectivity index (χ4n) is 3.35. The lowest BCUT2D eigenvalue weighted by atomic mass is 10.1. The Labute approximate surface area is 177 Å². The fraction of sp³-hybridized carbons (Fsp3) is 0. The van der Waals surface area contributed by atoms with Crippen LogP contribution >= 0.6 is 0 Å². The number of nitrogens with one attached hydrogen (secondary N) is 2. The number of aromatic amines is 1. The zero-order valence-electron chi connectivity index (χ0n) is 16.3. The molecule has 2 aromatic heterocycles. The van der Waals surface area contributed by atoms with Crippen molar-refractivity contribution in [3.8, 4) is 17.1 Å². The zero-order valence-corrected chi connectivity index (χ0v) is 16.3. The van der Waals surface area contributed by atoms with Gasteiger partial charge in [0.05, 0.1) is 22.4 Å². The van der Waals surface area contributed by atoms with Crippen molar-refractivity contribution in [2.45, 2.75) is 0 Å². The average molecular weight is 407 g/mol. The minimum Gasteiger partial charge on any atom is -0.338 e. The molecule has 7 nitrogen and oxygen atoms in total. The minimum atomic E-state index is -0.423. The number of anilines is 1. The van der Waals surface area contributed by atoms with E-state index in [4.69, 9.17) is 0 Å². The summed E-state index contributed by atoms with van der Waals surface area (Å²) in [7, 11) is 0. The van der Waals surface area contributed by atoms with Crippen molar-refractivity contribution in [1.29, 1.82) is 0 Å². The highest BCUT2D eigenvalue weighted by Gasteiger charge is 2.15. The second-order valence-corrected chi connectivity index (χ2v) is 6.91. The molecule has 0 bridgehead atoms. The number of rotatable bonds is 4. The molecule has 5 aromatic rings. The second kappa shape index (κ2) is 7.72. The van der Waals surface area contributed by atoms with Crippen molar-refractivity contribution in [2.24, 2.45) is 0 Å². The number of hydrogen-bond acceptors (Lipinski definition) is 4. The first-order valence-corrected chi connectivity index (χ1v) is 9.70. The van der Waals surface area contributed by atoms with Crippen molar-refractivity contribution >= 4 is 22.6 Å². The van der Waals surface area contributed by atoms with Crippen molar-refractivity contribution < 1.29 is 4.79 Å². The van der Waals surface area contributed by atoms with Gasteiger partial charge in [-0.15, -0.1) is 0 Å². The van der Waals surface area contributed by atoms with Crippen LogP contribution in [0.25, 0.3) is 28.1 Å². The Balaban J connectivity index is 1.49. The number of hydrogen-bond donors (Lipinski definition) is 2. The van der Waals surface area contributed by atoms with Crippen molar-refractivity contribution in [1.82, 2.24) is 19.7 Å². The van der Waals surface area contributed by atoms with Gasteiger partial charge >= 0.3 is 0 Å². The number of imidazole rings is 1. The molecule has 0 atom stereocenters. The van der Waals surface area contributed by atoms with Crippen LogP contribution in [0.1, 0.15) is 10.5 Å². The normalized spacial score (nSPS) is 10.8. The lowest BCUT2D eigenvalue weighted by Crippen LogP contribution is -2.25. The van der Waals surface area contributed by atoms with E-state index in [0.29, 0.717) is 17.2 Å². The summed E-state index contributed by atoms with van der Waals surface area (Å²) in [5.74, 6) is 0.229. The molecule has 31 heavy (non-hydrogen) atoms. The molecule has 5 rings (SSSR count). The lowest BCUT2D eigenvalue weighted by Gasteiger charge is -2.10. The molecule has 0 aliphatic carbocycles. The third kappa shape index (κ3) is 3.60. The van der Waals surface area contributed by atoms with Gasteiger partial charge in [-0.2, -0.15) is 9.78 Å². The number of benzene rings is 3. The Morgan fingerprint density at radius 3 is 2.42 bits per heavy atom. The molecule has 0 unspecified atom stereocenters. The van der Waals surface area contributed by atoms with Crippen LogP contribution in [0, 0.1) is 0 Å². The predicted molar refractivity (Wildman–Crippen MR) is 119 cm³/mol. The van der Waals surface area contributed by atoms with Gasteiger partial charge in [-0.3, -0.25) is 9.59 Å². The van der Waals surface area contributed by atoms with E-state index in [9.17, 15) is 9.59 Å². The molecule has 2 heterocycles. The highest BCUT2D eigenvalue weighted by Crippen LogP contribution is 2.27. The summed E-state index contributed by atoms with van der Waals surface area (Å²) < 4.78 is 1.21. The van der Waals surface area contributed by atoms with Crippen LogP contribution in [0.2, 0.25) is 0 Å². The molecule has 0 saturated carbocycles. The largest absolute Gasteiger partial charge is 0.338 e. The van der Waals surface area contributed by atoms with Gasteiger partial charge < -0.3 is 10.3 Å². The Hall–Kier alpha value is -4.52. The van der Waals surface area contributed by atoms with E-state index in [1.165, 1.54) is 16.8 Å². The third-order valence-electron chi connectivity index (χ3n) is 4.85. The highest BCUT2D eigenvalue weighted by atomic mass is 16.2. The first-order valence-electron chi connectivity index (χ1n) is 9.70. The Kier molecular flexibility index (Phi) is 4.61. The van der Waals surface area contributed by atoms with Crippen LogP contribution in [-0.4, -0.2) is 25.7 Å². The number of aromatic nitrogens is 4. The number of nitrogens with zero attached hydrogens (tertiary/aromatic N) is 3. The molecule has 0 aliphatic heterocycles. The Morgan fingerprint density at radius 1 is 0.839 bits per heavy atom. The smallest absolute Gasteiger partial charge is 0.276 e. The van der Waals surface area contributed by atoms with E-state index < -0.39 is 5.91 Å². The number of amides is 1. The summed E-state index contributed by atoms with van der Waals surface area (Å²) in [5.41, 5.74) is 3.50. The topological polar surface area (TPSA) is 92.7 Å². The number of carbonyl (C=O) groups is 1. The van der Waals surface area contributed by atoms with Crippen LogP contribution in [-0.2, 0) is 0 Å². The molecule has 0 saturated heterocycles. The summed E-state index contributed by atoms with van der Waals surface area (Å²) in [6.45, 7) is 0. The molecular weight excluding hydrogens is 390 g/mol. The molecule has 0 spiro atoms. The minimum absolute atomic E-state index is 0.128. The molecule has 1 amide bonds. The predicted octanol–water partition coefficient (Wildman–Crippen LogP) is 4.03. The summed E-state index contributed by atoms with van der Waals surface area (Å²) in [6, 6.07) is 26.8. The zero-order chi connectivity index (χ0) is 21.2. The summed E-state index contributed by atoms with van der Waals surface area (Å²) in [4.78, 5) is 33.1. The molecular formula is C24H17N5O2. The van der Waals surface area contributed by atoms with E-state index in [0.717, 1.165) is 16.6 Å². The summed E-state index contributed by atoms with van der Waals surface area (Å²) >= 11 is 0. The van der Waals surface area contributed by atoms with E-state index >= 15 is 0 Å². The molecule has 7 heteroatoms. The maximum absolute atomic E-state index is 12.9. The maximum Gasteiger partial charge on any atom is 0.276 e.